The minimum Gasteiger partial charge on any atom is -0.475 e. The van der Waals surface area contributed by atoms with E-state index in [-0.39, 0.29) is 5.82 Å². The molecule has 3 aromatic rings. The third-order valence-electron chi connectivity index (χ3n) is 3.46. The highest BCUT2D eigenvalue weighted by Crippen LogP contribution is 2.39. The molecule has 7 heteroatoms. The number of carboxylic acid groups (broad SMARTS) is 1. The number of nitrogens with zero attached hydrogens (tertiary/aromatic N) is 5. The van der Waals surface area contributed by atoms with Crippen LogP contribution in [0.5, 0.6) is 0 Å². The van der Waals surface area contributed by atoms with Gasteiger partial charge in [-0.2, -0.15) is 0 Å². The zero-order valence-electron chi connectivity index (χ0n) is 11.0. The molecule has 0 spiro atoms. The maximum atomic E-state index is 11.1. The Balaban J connectivity index is 1.88. The third kappa shape index (κ3) is 2.03. The molecule has 4 rings (SSSR count). The standard InChI is InChI=1S/C14H11N5O2/c20-14(21)12-17-13(8-1-2-8)19(18-12)9-3-4-10-11(7-9)16-6-5-15-10/h3-8H,1-2H2,(H,20,21). The lowest BCUT2D eigenvalue weighted by molar-refractivity contribution is 0.0683. The average molecular weight is 281 g/mol. The molecule has 0 unspecified atom stereocenters. The molecule has 0 bridgehead atoms. The van der Waals surface area contributed by atoms with Crippen molar-refractivity contribution in [1.82, 2.24) is 24.7 Å². The van der Waals surface area contributed by atoms with Crippen molar-refractivity contribution >= 4 is 17.0 Å². The van der Waals surface area contributed by atoms with Gasteiger partial charge < -0.3 is 5.11 Å². The Kier molecular flexibility index (Phi) is 2.47. The van der Waals surface area contributed by atoms with Gasteiger partial charge in [0.1, 0.15) is 5.82 Å². The van der Waals surface area contributed by atoms with E-state index in [2.05, 4.69) is 20.1 Å². The second-order valence-corrected chi connectivity index (χ2v) is 5.01. The molecule has 0 amide bonds. The number of hydrogen-bond acceptors (Lipinski definition) is 5. The van der Waals surface area contributed by atoms with Crippen LogP contribution in [0.2, 0.25) is 0 Å². The molecule has 1 fully saturated rings. The first kappa shape index (κ1) is 12.0. The molecule has 104 valence electrons. The van der Waals surface area contributed by atoms with Crippen molar-refractivity contribution in [2.75, 3.05) is 0 Å². The highest BCUT2D eigenvalue weighted by atomic mass is 16.4. The Hall–Kier alpha value is -2.83. The van der Waals surface area contributed by atoms with E-state index in [1.807, 2.05) is 18.2 Å². The van der Waals surface area contributed by atoms with Gasteiger partial charge in [-0.15, -0.1) is 5.10 Å². The zero-order valence-corrected chi connectivity index (χ0v) is 11.0. The molecule has 0 radical (unpaired) electrons. The number of carboxylic acids is 1. The van der Waals surface area contributed by atoms with Crippen LogP contribution in [0.25, 0.3) is 16.7 Å². The number of benzene rings is 1. The third-order valence-corrected chi connectivity index (χ3v) is 3.46. The van der Waals surface area contributed by atoms with Crippen LogP contribution < -0.4 is 0 Å². The van der Waals surface area contributed by atoms with Crippen molar-refractivity contribution in [3.8, 4) is 5.69 Å². The maximum absolute atomic E-state index is 11.1. The maximum Gasteiger partial charge on any atom is 0.375 e. The molecule has 0 aliphatic heterocycles. The quantitative estimate of drug-likeness (QED) is 0.786. The zero-order chi connectivity index (χ0) is 14.4. The second kappa shape index (κ2) is 4.34. The predicted molar refractivity (Wildman–Crippen MR) is 73.4 cm³/mol. The molecular formula is C14H11N5O2. The molecule has 2 heterocycles. The number of carbonyl (C=O) groups is 1. The molecule has 21 heavy (non-hydrogen) atoms. The lowest BCUT2D eigenvalue weighted by Crippen LogP contribution is -2.03. The van der Waals surface area contributed by atoms with E-state index in [0.29, 0.717) is 11.7 Å². The van der Waals surface area contributed by atoms with Crippen LogP contribution in [0.1, 0.15) is 35.2 Å². The minimum atomic E-state index is -1.11. The van der Waals surface area contributed by atoms with E-state index in [0.717, 1.165) is 29.6 Å². The van der Waals surface area contributed by atoms with E-state index >= 15 is 0 Å². The molecule has 1 N–H and O–H groups in total. The summed E-state index contributed by atoms with van der Waals surface area (Å²) in [5.74, 6) is -0.286. The summed E-state index contributed by atoms with van der Waals surface area (Å²) in [7, 11) is 0. The van der Waals surface area contributed by atoms with Crippen molar-refractivity contribution in [2.45, 2.75) is 18.8 Å². The van der Waals surface area contributed by atoms with Crippen LogP contribution in [0.3, 0.4) is 0 Å². The number of fused-ring (bicyclic) bond motifs is 1. The van der Waals surface area contributed by atoms with E-state index in [1.54, 1.807) is 17.1 Å². The van der Waals surface area contributed by atoms with Gasteiger partial charge in [0, 0.05) is 18.3 Å². The molecule has 1 aliphatic rings. The Labute approximate surface area is 119 Å². The van der Waals surface area contributed by atoms with Crippen molar-refractivity contribution in [3.05, 3.63) is 42.2 Å². The molecule has 1 aliphatic carbocycles. The molecule has 7 nitrogen and oxygen atoms in total. The van der Waals surface area contributed by atoms with Crippen LogP contribution in [0.15, 0.2) is 30.6 Å². The summed E-state index contributed by atoms with van der Waals surface area (Å²) in [5, 5.41) is 13.2. The number of hydrogen-bond donors (Lipinski definition) is 1. The number of rotatable bonds is 3. The smallest absolute Gasteiger partial charge is 0.375 e. The topological polar surface area (TPSA) is 93.8 Å². The number of aromatic carboxylic acids is 1. The van der Waals surface area contributed by atoms with Gasteiger partial charge >= 0.3 is 5.97 Å². The van der Waals surface area contributed by atoms with Gasteiger partial charge in [-0.05, 0) is 31.0 Å². The first-order chi connectivity index (χ1) is 10.2. The first-order valence-corrected chi connectivity index (χ1v) is 6.64. The van der Waals surface area contributed by atoms with Crippen molar-refractivity contribution in [3.63, 3.8) is 0 Å². The lowest BCUT2D eigenvalue weighted by Gasteiger charge is -2.05. The molecule has 0 saturated heterocycles. The fraction of sp³-hybridized carbons (Fsp3) is 0.214. The lowest BCUT2D eigenvalue weighted by atomic mass is 10.2. The van der Waals surface area contributed by atoms with Gasteiger partial charge in [0.05, 0.1) is 16.7 Å². The summed E-state index contributed by atoms with van der Waals surface area (Å²) in [6, 6.07) is 5.54. The summed E-state index contributed by atoms with van der Waals surface area (Å²) in [4.78, 5) is 23.7. The normalized spacial score (nSPS) is 14.5. The van der Waals surface area contributed by atoms with E-state index in [9.17, 15) is 4.79 Å². The van der Waals surface area contributed by atoms with Crippen molar-refractivity contribution < 1.29 is 9.90 Å². The van der Waals surface area contributed by atoms with Gasteiger partial charge in [-0.1, -0.05) is 0 Å². The molecule has 0 atom stereocenters. The van der Waals surface area contributed by atoms with Crippen LogP contribution in [0.4, 0.5) is 0 Å². The van der Waals surface area contributed by atoms with Gasteiger partial charge in [0.25, 0.3) is 5.82 Å². The summed E-state index contributed by atoms with van der Waals surface area (Å²) in [6.07, 6.45) is 5.30. The van der Waals surface area contributed by atoms with Gasteiger partial charge in [0.2, 0.25) is 0 Å². The van der Waals surface area contributed by atoms with Crippen LogP contribution in [-0.2, 0) is 0 Å². The van der Waals surface area contributed by atoms with Gasteiger partial charge in [-0.3, -0.25) is 9.97 Å². The Morgan fingerprint density at radius 3 is 2.67 bits per heavy atom. The van der Waals surface area contributed by atoms with E-state index in [4.69, 9.17) is 5.11 Å². The average Bonchev–Trinajstić information content (AvgIpc) is 3.25. The molecule has 1 saturated carbocycles. The van der Waals surface area contributed by atoms with E-state index in [1.165, 1.54) is 0 Å². The Bertz CT molecular complexity index is 853. The fourth-order valence-electron chi connectivity index (χ4n) is 2.29. The van der Waals surface area contributed by atoms with Crippen LogP contribution >= 0.6 is 0 Å². The minimum absolute atomic E-state index is 0.170. The Morgan fingerprint density at radius 1 is 1.19 bits per heavy atom. The predicted octanol–water partition coefficient (Wildman–Crippen LogP) is 1.79. The molecule has 1 aromatic carbocycles. The highest BCUT2D eigenvalue weighted by Gasteiger charge is 2.31. The van der Waals surface area contributed by atoms with Gasteiger partial charge in [-0.25, -0.2) is 14.5 Å². The van der Waals surface area contributed by atoms with Crippen molar-refractivity contribution in [2.24, 2.45) is 0 Å². The summed E-state index contributed by atoms with van der Waals surface area (Å²) in [6.45, 7) is 0. The number of aromatic nitrogens is 5. The largest absolute Gasteiger partial charge is 0.475 e. The monoisotopic (exact) mass is 281 g/mol. The fourth-order valence-corrected chi connectivity index (χ4v) is 2.29. The van der Waals surface area contributed by atoms with Crippen LogP contribution in [0, 0.1) is 0 Å². The first-order valence-electron chi connectivity index (χ1n) is 6.64. The molecule has 2 aromatic heterocycles. The Morgan fingerprint density at radius 2 is 1.95 bits per heavy atom. The van der Waals surface area contributed by atoms with Crippen LogP contribution in [-0.4, -0.2) is 35.8 Å². The molecular weight excluding hydrogens is 270 g/mol. The highest BCUT2D eigenvalue weighted by molar-refractivity contribution is 5.83. The van der Waals surface area contributed by atoms with E-state index < -0.39 is 5.97 Å². The second-order valence-electron chi connectivity index (χ2n) is 5.01. The SMILES string of the molecule is O=C(O)c1nc(C2CC2)n(-c2ccc3nccnc3c2)n1. The van der Waals surface area contributed by atoms with Crippen molar-refractivity contribution in [1.29, 1.82) is 0 Å². The summed E-state index contributed by atoms with van der Waals surface area (Å²) >= 11 is 0. The summed E-state index contributed by atoms with van der Waals surface area (Å²) in [5.41, 5.74) is 2.28. The van der Waals surface area contributed by atoms with Gasteiger partial charge in [0.15, 0.2) is 0 Å². The summed E-state index contributed by atoms with van der Waals surface area (Å²) < 4.78 is 1.61.